The molecule has 14 heteroatoms. The van der Waals surface area contributed by atoms with Crippen molar-refractivity contribution in [2.45, 2.75) is 101 Å². The summed E-state index contributed by atoms with van der Waals surface area (Å²) in [6.07, 6.45) is 1.69. The molecule has 1 saturated heterocycles. The number of carbonyl (C=O) groups excluding carboxylic acids is 4. The first-order chi connectivity index (χ1) is 21.1. The van der Waals surface area contributed by atoms with Gasteiger partial charge in [-0.3, -0.25) is 13.8 Å². The highest BCUT2D eigenvalue weighted by Gasteiger charge is 2.62. The summed E-state index contributed by atoms with van der Waals surface area (Å²) in [5.41, 5.74) is -2.01. The number of likely N-dealkylation sites (tertiary alicyclic amines) is 1. The van der Waals surface area contributed by atoms with Gasteiger partial charge in [-0.1, -0.05) is 50.0 Å². The summed E-state index contributed by atoms with van der Waals surface area (Å²) in [7, 11) is -3.00. The molecule has 2 N–H and O–H groups in total. The second-order valence-electron chi connectivity index (χ2n) is 13.8. The van der Waals surface area contributed by atoms with E-state index < -0.39 is 63.1 Å². The molecule has 1 aliphatic heterocycles. The number of methoxy groups -OCH3 is 1. The zero-order valence-electron chi connectivity index (χ0n) is 26.2. The van der Waals surface area contributed by atoms with Gasteiger partial charge in [0.25, 0.3) is 10.1 Å². The van der Waals surface area contributed by atoms with Crippen LogP contribution < -0.4 is 10.6 Å². The van der Waals surface area contributed by atoms with Crippen LogP contribution in [0.25, 0.3) is 0 Å². The van der Waals surface area contributed by atoms with E-state index in [-0.39, 0.29) is 29.9 Å². The molecule has 0 bridgehead atoms. The highest BCUT2D eigenvalue weighted by atomic mass is 79.9. The predicted molar refractivity (Wildman–Crippen MR) is 165 cm³/mol. The number of nitrogens with zero attached hydrogens (tertiary/aromatic N) is 1. The Bertz CT molecular complexity index is 1440. The number of hydrogen-bond acceptors (Lipinski definition) is 9. The third-order valence-corrected chi connectivity index (χ3v) is 11.5. The number of fused-ring (bicyclic) bond motifs is 1. The van der Waals surface area contributed by atoms with Crippen LogP contribution >= 0.6 is 15.9 Å². The Kier molecular flexibility index (Phi) is 9.33. The molecule has 0 spiro atoms. The van der Waals surface area contributed by atoms with Crippen LogP contribution in [-0.4, -0.2) is 80.7 Å². The minimum atomic E-state index is -4.25. The number of alkyl carbamates (subject to hydrolysis) is 1. The lowest BCUT2D eigenvalue weighted by atomic mass is 9.85. The molecule has 0 radical (unpaired) electrons. The van der Waals surface area contributed by atoms with E-state index in [2.05, 4.69) is 26.6 Å². The molecular weight excluding hydrogens is 670 g/mol. The SMILES string of the molecule is CC[C@H]1C[C@]1(NC(=O)[C@@H]1C[C@H](OS(=O)(=O)c2ccc(Br)cc2)CN1C(=O)[C@@H](NC(=O)OC1C[C@@H]2C[C@@H]2C1)C(C)(C)C)C(=O)OC. The Balaban J connectivity index is 1.37. The second-order valence-corrected chi connectivity index (χ2v) is 16.3. The average Bonchev–Trinajstić information content (AvgIpc) is 3.78. The smallest absolute Gasteiger partial charge is 0.408 e. The van der Waals surface area contributed by atoms with Crippen LogP contribution in [0.4, 0.5) is 4.79 Å². The quantitative estimate of drug-likeness (QED) is 0.274. The molecule has 4 aliphatic rings. The van der Waals surface area contributed by atoms with Gasteiger partial charge in [-0.25, -0.2) is 9.59 Å². The number of benzene rings is 1. The summed E-state index contributed by atoms with van der Waals surface area (Å²) in [5.74, 6) is -0.725. The lowest BCUT2D eigenvalue weighted by Gasteiger charge is -2.35. The van der Waals surface area contributed by atoms with Gasteiger partial charge in [0.05, 0.1) is 18.1 Å². The maximum absolute atomic E-state index is 14.2. The summed E-state index contributed by atoms with van der Waals surface area (Å²) < 4.78 is 43.2. The fourth-order valence-electron chi connectivity index (χ4n) is 6.83. The van der Waals surface area contributed by atoms with E-state index in [0.29, 0.717) is 29.2 Å². The van der Waals surface area contributed by atoms with Gasteiger partial charge in [0, 0.05) is 17.4 Å². The van der Waals surface area contributed by atoms with Gasteiger partial charge in [0.15, 0.2) is 0 Å². The molecule has 1 unspecified atom stereocenters. The van der Waals surface area contributed by atoms with Crippen LogP contribution in [0.2, 0.25) is 0 Å². The van der Waals surface area contributed by atoms with E-state index in [4.69, 9.17) is 13.7 Å². The minimum Gasteiger partial charge on any atom is -0.467 e. The largest absolute Gasteiger partial charge is 0.467 e. The van der Waals surface area contributed by atoms with Crippen LogP contribution in [0.1, 0.15) is 66.2 Å². The molecule has 4 fully saturated rings. The topological polar surface area (TPSA) is 157 Å². The lowest BCUT2D eigenvalue weighted by molar-refractivity contribution is -0.148. The number of rotatable bonds is 10. The molecule has 5 rings (SSSR count). The van der Waals surface area contributed by atoms with Crippen molar-refractivity contribution in [2.24, 2.45) is 23.2 Å². The summed E-state index contributed by atoms with van der Waals surface area (Å²) in [6, 6.07) is 3.63. The van der Waals surface area contributed by atoms with E-state index in [9.17, 15) is 27.6 Å². The molecular formula is C31H42BrN3O9S. The fraction of sp³-hybridized carbons (Fsp3) is 0.677. The number of amides is 3. The van der Waals surface area contributed by atoms with Crippen LogP contribution in [-0.2, 0) is 38.2 Å². The van der Waals surface area contributed by atoms with Gasteiger partial charge < -0.3 is 25.0 Å². The van der Waals surface area contributed by atoms with Gasteiger partial charge in [-0.15, -0.1) is 0 Å². The predicted octanol–water partition coefficient (Wildman–Crippen LogP) is 3.52. The van der Waals surface area contributed by atoms with Crippen LogP contribution in [0, 0.1) is 23.2 Å². The lowest BCUT2D eigenvalue weighted by Crippen LogP contribution is -2.59. The zero-order chi connectivity index (χ0) is 32.9. The molecule has 12 nitrogen and oxygen atoms in total. The molecule has 8 atom stereocenters. The molecule has 3 aliphatic carbocycles. The van der Waals surface area contributed by atoms with Crippen molar-refractivity contribution in [3.63, 3.8) is 0 Å². The Morgan fingerprint density at radius 3 is 2.24 bits per heavy atom. The summed E-state index contributed by atoms with van der Waals surface area (Å²) >= 11 is 3.28. The van der Waals surface area contributed by atoms with Crippen molar-refractivity contribution < 1.29 is 41.3 Å². The Hall–Kier alpha value is -2.71. The first kappa shape index (κ1) is 33.6. The highest BCUT2D eigenvalue weighted by Crippen LogP contribution is 2.52. The number of halogens is 1. The minimum absolute atomic E-state index is 0.0774. The second kappa shape index (κ2) is 12.5. The number of nitrogens with one attached hydrogen (secondary N) is 2. The van der Waals surface area contributed by atoms with E-state index in [0.717, 1.165) is 12.8 Å². The first-order valence-corrected chi connectivity index (χ1v) is 17.6. The van der Waals surface area contributed by atoms with Crippen molar-refractivity contribution in [1.29, 1.82) is 0 Å². The first-order valence-electron chi connectivity index (χ1n) is 15.4. The molecule has 3 saturated carbocycles. The van der Waals surface area contributed by atoms with Crippen LogP contribution in [0.5, 0.6) is 0 Å². The molecule has 1 aromatic carbocycles. The van der Waals surface area contributed by atoms with Crippen molar-refractivity contribution in [3.05, 3.63) is 28.7 Å². The third-order valence-electron chi connectivity index (χ3n) is 9.56. The average molecular weight is 713 g/mol. The molecule has 1 aromatic rings. The summed E-state index contributed by atoms with van der Waals surface area (Å²) in [4.78, 5) is 54.9. The van der Waals surface area contributed by atoms with Crippen LogP contribution in [0.15, 0.2) is 33.6 Å². The molecule has 45 heavy (non-hydrogen) atoms. The monoisotopic (exact) mass is 711 g/mol. The van der Waals surface area contributed by atoms with Crippen molar-refractivity contribution in [2.75, 3.05) is 13.7 Å². The number of hydrogen-bond donors (Lipinski definition) is 2. The van der Waals surface area contributed by atoms with Crippen molar-refractivity contribution >= 4 is 49.9 Å². The zero-order valence-corrected chi connectivity index (χ0v) is 28.6. The highest BCUT2D eigenvalue weighted by molar-refractivity contribution is 9.10. The fourth-order valence-corrected chi connectivity index (χ4v) is 8.17. The molecule has 3 amide bonds. The Morgan fingerprint density at radius 2 is 1.69 bits per heavy atom. The Labute approximate surface area is 272 Å². The molecule has 0 aromatic heterocycles. The number of ether oxygens (including phenoxy) is 2. The standard InChI is InChI=1S/C31H42BrN3O9S/c1-6-19-15-31(19,28(38)42-5)34-26(36)24-14-22(44-45(40,41)23-9-7-20(32)8-10-23)16-35(24)27(37)25(30(2,3)4)33-29(39)43-21-12-17-11-18(17)13-21/h7-10,17-19,21-22,24-25H,6,11-16H2,1-5H3,(H,33,39)(H,34,36)/t17-,18+,19-,21?,22-,24-,25+,31+/m0/s1. The normalized spacial score (nSPS) is 31.0. The van der Waals surface area contributed by atoms with Crippen molar-refractivity contribution in [3.8, 4) is 0 Å². The van der Waals surface area contributed by atoms with Gasteiger partial charge in [-0.05, 0) is 73.1 Å². The van der Waals surface area contributed by atoms with Gasteiger partial charge >= 0.3 is 12.1 Å². The molecule has 248 valence electrons. The van der Waals surface area contributed by atoms with E-state index in [1.54, 1.807) is 32.9 Å². The van der Waals surface area contributed by atoms with E-state index >= 15 is 0 Å². The molecule has 1 heterocycles. The van der Waals surface area contributed by atoms with Gasteiger partial charge in [0.1, 0.15) is 23.7 Å². The van der Waals surface area contributed by atoms with Crippen LogP contribution in [0.3, 0.4) is 0 Å². The van der Waals surface area contributed by atoms with Gasteiger partial charge in [-0.2, -0.15) is 8.42 Å². The summed E-state index contributed by atoms with van der Waals surface area (Å²) in [6.45, 7) is 7.00. The van der Waals surface area contributed by atoms with E-state index in [1.807, 2.05) is 6.92 Å². The van der Waals surface area contributed by atoms with E-state index in [1.165, 1.54) is 30.6 Å². The number of esters is 1. The van der Waals surface area contributed by atoms with Gasteiger partial charge in [0.2, 0.25) is 11.8 Å². The van der Waals surface area contributed by atoms with Crippen molar-refractivity contribution in [1.82, 2.24) is 15.5 Å². The third kappa shape index (κ3) is 7.17. The number of carbonyl (C=O) groups is 4. The Morgan fingerprint density at radius 1 is 1.04 bits per heavy atom. The maximum atomic E-state index is 14.2. The summed E-state index contributed by atoms with van der Waals surface area (Å²) in [5, 5.41) is 5.54. The maximum Gasteiger partial charge on any atom is 0.408 e.